The summed E-state index contributed by atoms with van der Waals surface area (Å²) in [5, 5.41) is 0.848. The summed E-state index contributed by atoms with van der Waals surface area (Å²) in [6.07, 6.45) is 5.12. The van der Waals surface area contributed by atoms with E-state index in [4.69, 9.17) is 9.15 Å². The van der Waals surface area contributed by atoms with Crippen LogP contribution >= 0.6 is 0 Å². The molecule has 0 saturated heterocycles. The van der Waals surface area contributed by atoms with Gasteiger partial charge in [-0.1, -0.05) is 12.5 Å². The lowest BCUT2D eigenvalue weighted by atomic mass is 9.98. The van der Waals surface area contributed by atoms with Gasteiger partial charge in [-0.05, 0) is 69.7 Å². The van der Waals surface area contributed by atoms with Gasteiger partial charge in [-0.25, -0.2) is 9.78 Å². The van der Waals surface area contributed by atoms with Crippen LogP contribution in [0.25, 0.3) is 22.1 Å². The Bertz CT molecular complexity index is 1110. The van der Waals surface area contributed by atoms with E-state index in [0.717, 1.165) is 36.8 Å². The molecular formula is C22H23NO4. The largest absolute Gasteiger partial charge is 0.459 e. The maximum atomic E-state index is 13.0. The monoisotopic (exact) mass is 365 g/mol. The molecule has 5 nitrogen and oxygen atoms in total. The molecule has 5 heteroatoms. The van der Waals surface area contributed by atoms with E-state index in [9.17, 15) is 9.59 Å². The molecule has 4 rings (SSSR count). The summed E-state index contributed by atoms with van der Waals surface area (Å²) in [6.45, 7) is 5.58. The highest BCUT2D eigenvalue weighted by Gasteiger charge is 2.22. The highest BCUT2D eigenvalue weighted by atomic mass is 16.5. The number of aromatic nitrogens is 1. The van der Waals surface area contributed by atoms with Crippen molar-refractivity contribution < 1.29 is 13.9 Å². The Hall–Kier alpha value is -2.69. The van der Waals surface area contributed by atoms with Crippen LogP contribution in [0.4, 0.5) is 0 Å². The standard InChI is InChI=1S/C22H23NO4/c1-12-9-13(2)19-18(10-12)27-21-17(20(19)24)11-16(14(3)23-21)22(25)26-15-7-5-4-6-8-15/h9-11,15H,4-8H2,1-3H3. The lowest BCUT2D eigenvalue weighted by molar-refractivity contribution is 0.0210. The van der Waals surface area contributed by atoms with Gasteiger partial charge in [0.2, 0.25) is 11.1 Å². The van der Waals surface area contributed by atoms with Crippen molar-refractivity contribution in [3.8, 4) is 0 Å². The molecule has 2 aromatic heterocycles. The summed E-state index contributed by atoms with van der Waals surface area (Å²) in [7, 11) is 0. The first-order valence-electron chi connectivity index (χ1n) is 9.50. The molecule has 1 fully saturated rings. The van der Waals surface area contributed by atoms with Gasteiger partial charge in [-0.15, -0.1) is 0 Å². The Labute approximate surface area is 157 Å². The van der Waals surface area contributed by atoms with Crippen LogP contribution in [0.15, 0.2) is 27.4 Å². The van der Waals surface area contributed by atoms with Crippen molar-refractivity contribution in [3.05, 3.63) is 50.8 Å². The Kier molecular flexibility index (Phi) is 4.46. The van der Waals surface area contributed by atoms with Gasteiger partial charge in [0, 0.05) is 0 Å². The van der Waals surface area contributed by atoms with Crippen molar-refractivity contribution in [1.29, 1.82) is 0 Å². The fourth-order valence-corrected chi connectivity index (χ4v) is 3.97. The van der Waals surface area contributed by atoms with E-state index in [1.54, 1.807) is 13.0 Å². The lowest BCUT2D eigenvalue weighted by Crippen LogP contribution is -2.22. The zero-order chi connectivity index (χ0) is 19.1. The quantitative estimate of drug-likeness (QED) is 0.484. The molecule has 1 aromatic carbocycles. The minimum absolute atomic E-state index is 0.0421. The minimum Gasteiger partial charge on any atom is -0.459 e. The maximum Gasteiger partial charge on any atom is 0.340 e. The zero-order valence-electron chi connectivity index (χ0n) is 15.9. The van der Waals surface area contributed by atoms with Gasteiger partial charge in [0.15, 0.2) is 0 Å². The van der Waals surface area contributed by atoms with E-state index in [-0.39, 0.29) is 17.2 Å². The van der Waals surface area contributed by atoms with Crippen molar-refractivity contribution >= 4 is 28.0 Å². The first-order chi connectivity index (χ1) is 12.9. The molecule has 2 heterocycles. The van der Waals surface area contributed by atoms with Crippen LogP contribution in [0.1, 0.15) is 59.3 Å². The summed E-state index contributed by atoms with van der Waals surface area (Å²) >= 11 is 0. The summed E-state index contributed by atoms with van der Waals surface area (Å²) in [6, 6.07) is 5.36. The zero-order valence-corrected chi connectivity index (χ0v) is 15.9. The summed E-state index contributed by atoms with van der Waals surface area (Å²) in [5.74, 6) is -0.408. The first-order valence-corrected chi connectivity index (χ1v) is 9.50. The van der Waals surface area contributed by atoms with Crippen molar-refractivity contribution in [3.63, 3.8) is 0 Å². The number of benzene rings is 1. The molecule has 1 aliphatic carbocycles. The van der Waals surface area contributed by atoms with Crippen molar-refractivity contribution in [2.75, 3.05) is 0 Å². The second-order valence-corrected chi connectivity index (χ2v) is 7.53. The molecule has 1 aliphatic rings. The van der Waals surface area contributed by atoms with Crippen molar-refractivity contribution in [1.82, 2.24) is 4.98 Å². The van der Waals surface area contributed by atoms with Gasteiger partial charge >= 0.3 is 5.97 Å². The Morgan fingerprint density at radius 1 is 1.11 bits per heavy atom. The summed E-state index contributed by atoms with van der Waals surface area (Å²) in [5.41, 5.74) is 3.33. The molecule has 140 valence electrons. The van der Waals surface area contributed by atoms with Crippen molar-refractivity contribution in [2.24, 2.45) is 0 Å². The van der Waals surface area contributed by atoms with Gasteiger partial charge in [-0.2, -0.15) is 0 Å². The molecule has 0 aliphatic heterocycles. The third kappa shape index (κ3) is 3.22. The molecule has 1 saturated carbocycles. The van der Waals surface area contributed by atoms with Crippen LogP contribution in [0.3, 0.4) is 0 Å². The number of hydrogen-bond donors (Lipinski definition) is 0. The van der Waals surface area contributed by atoms with E-state index in [1.807, 2.05) is 26.0 Å². The van der Waals surface area contributed by atoms with Crippen LogP contribution in [0.2, 0.25) is 0 Å². The normalized spacial score (nSPS) is 15.4. The topological polar surface area (TPSA) is 69.4 Å². The third-order valence-electron chi connectivity index (χ3n) is 5.35. The fraction of sp³-hybridized carbons (Fsp3) is 0.409. The molecule has 0 bridgehead atoms. The molecule has 0 radical (unpaired) electrons. The number of hydrogen-bond acceptors (Lipinski definition) is 5. The molecule has 0 N–H and O–H groups in total. The average Bonchev–Trinajstić information content (AvgIpc) is 2.61. The van der Waals surface area contributed by atoms with Crippen LogP contribution in [-0.2, 0) is 4.74 Å². The van der Waals surface area contributed by atoms with Crippen LogP contribution < -0.4 is 5.43 Å². The predicted molar refractivity (Wildman–Crippen MR) is 104 cm³/mol. The van der Waals surface area contributed by atoms with E-state index in [2.05, 4.69) is 4.98 Å². The maximum absolute atomic E-state index is 13.0. The second kappa shape index (κ2) is 6.80. The highest BCUT2D eigenvalue weighted by Crippen LogP contribution is 2.25. The van der Waals surface area contributed by atoms with Crippen molar-refractivity contribution in [2.45, 2.75) is 59.0 Å². The Morgan fingerprint density at radius 3 is 2.59 bits per heavy atom. The van der Waals surface area contributed by atoms with E-state index in [0.29, 0.717) is 27.6 Å². The molecular weight excluding hydrogens is 342 g/mol. The second-order valence-electron chi connectivity index (χ2n) is 7.53. The number of ether oxygens (including phenoxy) is 1. The fourth-order valence-electron chi connectivity index (χ4n) is 3.97. The van der Waals surface area contributed by atoms with Gasteiger partial charge in [-0.3, -0.25) is 4.79 Å². The number of aryl methyl sites for hydroxylation is 3. The molecule has 0 amide bonds. The van der Waals surface area contributed by atoms with Crippen LogP contribution in [-0.4, -0.2) is 17.1 Å². The molecule has 0 spiro atoms. The minimum atomic E-state index is -0.408. The van der Waals surface area contributed by atoms with Gasteiger partial charge < -0.3 is 9.15 Å². The lowest BCUT2D eigenvalue weighted by Gasteiger charge is -2.22. The van der Waals surface area contributed by atoms with Gasteiger partial charge in [0.1, 0.15) is 11.7 Å². The van der Waals surface area contributed by atoms with Crippen LogP contribution in [0.5, 0.6) is 0 Å². The number of fused-ring (bicyclic) bond motifs is 2. The number of rotatable bonds is 2. The van der Waals surface area contributed by atoms with Gasteiger partial charge in [0.05, 0.1) is 22.0 Å². The molecule has 0 atom stereocenters. The number of carbonyl (C=O) groups is 1. The molecule has 3 aromatic rings. The third-order valence-corrected chi connectivity index (χ3v) is 5.35. The Morgan fingerprint density at radius 2 is 1.85 bits per heavy atom. The summed E-state index contributed by atoms with van der Waals surface area (Å²) < 4.78 is 11.6. The summed E-state index contributed by atoms with van der Waals surface area (Å²) in [4.78, 5) is 30.1. The first kappa shape index (κ1) is 17.7. The van der Waals surface area contributed by atoms with Crippen LogP contribution in [0, 0.1) is 20.8 Å². The van der Waals surface area contributed by atoms with E-state index < -0.39 is 5.97 Å². The predicted octanol–water partition coefficient (Wildman–Crippen LogP) is 4.76. The smallest absolute Gasteiger partial charge is 0.340 e. The van der Waals surface area contributed by atoms with Gasteiger partial charge in [0.25, 0.3) is 0 Å². The molecule has 27 heavy (non-hydrogen) atoms. The molecule has 0 unspecified atom stereocenters. The Balaban J connectivity index is 1.82. The van der Waals surface area contributed by atoms with E-state index >= 15 is 0 Å². The highest BCUT2D eigenvalue weighted by molar-refractivity contribution is 5.97. The number of pyridine rings is 1. The average molecular weight is 365 g/mol. The number of carbonyl (C=O) groups excluding carboxylic acids is 1. The SMILES string of the molecule is Cc1cc(C)c2c(=O)c3cc(C(=O)OC4CCCCC4)c(C)nc3oc2c1. The number of nitrogens with zero attached hydrogens (tertiary/aromatic N) is 1. The number of esters is 1. The van der Waals surface area contributed by atoms with E-state index in [1.165, 1.54) is 6.42 Å².